The van der Waals surface area contributed by atoms with Gasteiger partial charge in [-0.2, -0.15) is 0 Å². The van der Waals surface area contributed by atoms with Crippen LogP contribution in [0.3, 0.4) is 0 Å². The van der Waals surface area contributed by atoms with Gasteiger partial charge in [0, 0.05) is 6.04 Å². The molecule has 108 valence electrons. The molecule has 0 radical (unpaired) electrons. The molecule has 0 heterocycles. The monoisotopic (exact) mass is 253 g/mol. The van der Waals surface area contributed by atoms with Gasteiger partial charge >= 0.3 is 0 Å². The van der Waals surface area contributed by atoms with Crippen molar-refractivity contribution in [2.24, 2.45) is 17.8 Å². The summed E-state index contributed by atoms with van der Waals surface area (Å²) >= 11 is 0. The third-order valence-corrected chi connectivity index (χ3v) is 4.74. The molecule has 1 fully saturated rings. The number of hydrogen-bond acceptors (Lipinski definition) is 1. The molecule has 0 aromatic heterocycles. The molecule has 1 heteroatoms. The fourth-order valence-corrected chi connectivity index (χ4v) is 3.95. The van der Waals surface area contributed by atoms with E-state index in [-0.39, 0.29) is 0 Å². The smallest absolute Gasteiger partial charge is 0.00955 e. The summed E-state index contributed by atoms with van der Waals surface area (Å²) < 4.78 is 0. The minimum absolute atomic E-state index is 0.808. The lowest BCUT2D eigenvalue weighted by Gasteiger charge is -2.38. The van der Waals surface area contributed by atoms with E-state index in [2.05, 4.69) is 33.0 Å². The lowest BCUT2D eigenvalue weighted by atomic mass is 9.73. The minimum Gasteiger partial charge on any atom is -0.314 e. The Labute approximate surface area is 115 Å². The van der Waals surface area contributed by atoms with Crippen LogP contribution in [-0.2, 0) is 0 Å². The van der Waals surface area contributed by atoms with Gasteiger partial charge < -0.3 is 5.32 Å². The summed E-state index contributed by atoms with van der Waals surface area (Å²) in [5.74, 6) is 2.88. The van der Waals surface area contributed by atoms with Crippen molar-refractivity contribution >= 4 is 0 Å². The van der Waals surface area contributed by atoms with Crippen molar-refractivity contribution in [1.29, 1.82) is 0 Å². The van der Waals surface area contributed by atoms with Gasteiger partial charge in [0.05, 0.1) is 0 Å². The van der Waals surface area contributed by atoms with E-state index < -0.39 is 0 Å². The van der Waals surface area contributed by atoms with E-state index in [9.17, 15) is 0 Å². The first-order valence-electron chi connectivity index (χ1n) is 8.44. The summed E-state index contributed by atoms with van der Waals surface area (Å²) in [6, 6.07) is 0.808. The quantitative estimate of drug-likeness (QED) is 0.641. The van der Waals surface area contributed by atoms with E-state index in [1.54, 1.807) is 0 Å². The van der Waals surface area contributed by atoms with Crippen LogP contribution in [0, 0.1) is 17.8 Å². The average molecular weight is 253 g/mol. The van der Waals surface area contributed by atoms with Gasteiger partial charge in [0.25, 0.3) is 0 Å². The highest BCUT2D eigenvalue weighted by molar-refractivity contribution is 4.85. The Hall–Kier alpha value is -0.0400. The van der Waals surface area contributed by atoms with Gasteiger partial charge in [0.15, 0.2) is 0 Å². The van der Waals surface area contributed by atoms with Crippen molar-refractivity contribution in [3.63, 3.8) is 0 Å². The molecule has 4 atom stereocenters. The van der Waals surface area contributed by atoms with E-state index in [1.807, 2.05) is 0 Å². The van der Waals surface area contributed by atoms with E-state index >= 15 is 0 Å². The standard InChI is InChI=1S/C17H35N/c1-5-8-14(4)12-16-13-15(9-6-2)10-11-17(16)18-7-3/h14-18H,5-13H2,1-4H3. The minimum atomic E-state index is 0.808. The van der Waals surface area contributed by atoms with Crippen molar-refractivity contribution in [3.8, 4) is 0 Å². The zero-order chi connectivity index (χ0) is 13.4. The molecule has 4 unspecified atom stereocenters. The molecule has 1 N–H and O–H groups in total. The summed E-state index contributed by atoms with van der Waals surface area (Å²) in [6.45, 7) is 10.5. The molecule has 1 saturated carbocycles. The maximum absolute atomic E-state index is 3.74. The van der Waals surface area contributed by atoms with Gasteiger partial charge in [-0.1, -0.05) is 53.4 Å². The normalized spacial score (nSPS) is 30.3. The van der Waals surface area contributed by atoms with Crippen LogP contribution in [0.5, 0.6) is 0 Å². The highest BCUT2D eigenvalue weighted by atomic mass is 14.9. The second kappa shape index (κ2) is 8.96. The average Bonchev–Trinajstić information content (AvgIpc) is 2.33. The van der Waals surface area contributed by atoms with Gasteiger partial charge in [-0.25, -0.2) is 0 Å². The van der Waals surface area contributed by atoms with Gasteiger partial charge in [-0.05, 0) is 50.0 Å². The molecule has 0 aromatic carbocycles. The zero-order valence-corrected chi connectivity index (χ0v) is 13.2. The van der Waals surface area contributed by atoms with Crippen LogP contribution in [0.2, 0.25) is 0 Å². The molecule has 18 heavy (non-hydrogen) atoms. The van der Waals surface area contributed by atoms with Crippen LogP contribution in [0.1, 0.15) is 79.1 Å². The number of hydrogen-bond donors (Lipinski definition) is 1. The Kier molecular flexibility index (Phi) is 7.97. The molecule has 1 aliphatic carbocycles. The fourth-order valence-electron chi connectivity index (χ4n) is 3.95. The summed E-state index contributed by atoms with van der Waals surface area (Å²) in [6.07, 6.45) is 11.4. The van der Waals surface area contributed by atoms with Gasteiger partial charge in [0.1, 0.15) is 0 Å². The Bertz CT molecular complexity index is 200. The topological polar surface area (TPSA) is 12.0 Å². The van der Waals surface area contributed by atoms with E-state index in [4.69, 9.17) is 0 Å². The molecule has 1 rings (SSSR count). The van der Waals surface area contributed by atoms with Gasteiger partial charge in [0.2, 0.25) is 0 Å². The van der Waals surface area contributed by atoms with Gasteiger partial charge in [-0.3, -0.25) is 0 Å². The summed E-state index contributed by atoms with van der Waals surface area (Å²) in [4.78, 5) is 0. The Balaban J connectivity index is 2.48. The van der Waals surface area contributed by atoms with E-state index in [0.717, 1.165) is 30.3 Å². The van der Waals surface area contributed by atoms with Crippen LogP contribution in [-0.4, -0.2) is 12.6 Å². The SMILES string of the molecule is CCCC(C)CC1CC(CCC)CCC1NCC. The first-order chi connectivity index (χ1) is 8.71. The molecular weight excluding hydrogens is 218 g/mol. The Morgan fingerprint density at radius 1 is 1.11 bits per heavy atom. The van der Waals surface area contributed by atoms with Crippen molar-refractivity contribution in [1.82, 2.24) is 5.32 Å². The van der Waals surface area contributed by atoms with E-state index in [1.165, 1.54) is 51.4 Å². The second-order valence-corrected chi connectivity index (χ2v) is 6.52. The third kappa shape index (κ3) is 5.30. The van der Waals surface area contributed by atoms with Crippen LogP contribution >= 0.6 is 0 Å². The Morgan fingerprint density at radius 3 is 2.50 bits per heavy atom. The van der Waals surface area contributed by atoms with Crippen molar-refractivity contribution in [3.05, 3.63) is 0 Å². The fraction of sp³-hybridized carbons (Fsp3) is 1.00. The van der Waals surface area contributed by atoms with Crippen molar-refractivity contribution in [2.45, 2.75) is 85.1 Å². The van der Waals surface area contributed by atoms with Crippen LogP contribution in [0.15, 0.2) is 0 Å². The molecule has 0 spiro atoms. The highest BCUT2D eigenvalue weighted by Gasteiger charge is 2.30. The number of rotatable bonds is 8. The second-order valence-electron chi connectivity index (χ2n) is 6.52. The Morgan fingerprint density at radius 2 is 1.89 bits per heavy atom. The van der Waals surface area contributed by atoms with Crippen LogP contribution in [0.4, 0.5) is 0 Å². The highest BCUT2D eigenvalue weighted by Crippen LogP contribution is 2.36. The third-order valence-electron chi connectivity index (χ3n) is 4.74. The van der Waals surface area contributed by atoms with Crippen molar-refractivity contribution < 1.29 is 0 Å². The maximum atomic E-state index is 3.74. The van der Waals surface area contributed by atoms with Crippen molar-refractivity contribution in [2.75, 3.05) is 6.54 Å². The lowest BCUT2D eigenvalue weighted by Crippen LogP contribution is -2.41. The molecule has 0 bridgehead atoms. The maximum Gasteiger partial charge on any atom is 0.00955 e. The summed E-state index contributed by atoms with van der Waals surface area (Å²) in [5, 5.41) is 3.74. The summed E-state index contributed by atoms with van der Waals surface area (Å²) in [5.41, 5.74) is 0. The molecule has 0 aromatic rings. The molecule has 1 aliphatic rings. The molecule has 0 amide bonds. The van der Waals surface area contributed by atoms with E-state index in [0.29, 0.717) is 0 Å². The molecule has 0 saturated heterocycles. The van der Waals surface area contributed by atoms with Crippen LogP contribution < -0.4 is 5.32 Å². The largest absolute Gasteiger partial charge is 0.314 e. The van der Waals surface area contributed by atoms with Crippen LogP contribution in [0.25, 0.3) is 0 Å². The first kappa shape index (κ1) is 16.0. The number of nitrogens with one attached hydrogen (secondary N) is 1. The molecule has 0 aliphatic heterocycles. The zero-order valence-electron chi connectivity index (χ0n) is 13.2. The van der Waals surface area contributed by atoms with Gasteiger partial charge in [-0.15, -0.1) is 0 Å². The molecule has 1 nitrogen and oxygen atoms in total. The molecular formula is C17H35N. The predicted molar refractivity (Wildman–Crippen MR) is 81.9 cm³/mol. The first-order valence-corrected chi connectivity index (χ1v) is 8.44. The predicted octanol–water partition coefficient (Wildman–Crippen LogP) is 5.01. The lowest BCUT2D eigenvalue weighted by molar-refractivity contribution is 0.168. The summed E-state index contributed by atoms with van der Waals surface area (Å²) in [7, 11) is 0.